The van der Waals surface area contributed by atoms with Gasteiger partial charge in [-0.2, -0.15) is 0 Å². The highest BCUT2D eigenvalue weighted by molar-refractivity contribution is 6.35. The van der Waals surface area contributed by atoms with Gasteiger partial charge >= 0.3 is 0 Å². The second-order valence-electron chi connectivity index (χ2n) is 4.51. The van der Waals surface area contributed by atoms with E-state index in [0.29, 0.717) is 35.6 Å². The lowest BCUT2D eigenvalue weighted by molar-refractivity contribution is 0.0615. The molecule has 6 heteroatoms. The Morgan fingerprint density at radius 3 is 3.05 bits per heavy atom. The van der Waals surface area contributed by atoms with Gasteiger partial charge < -0.3 is 19.9 Å². The molecule has 2 rings (SSSR count). The summed E-state index contributed by atoms with van der Waals surface area (Å²) in [7, 11) is 1.56. The minimum atomic E-state index is -0.536. The zero-order valence-electron chi connectivity index (χ0n) is 10.7. The van der Waals surface area contributed by atoms with Crippen LogP contribution in [0.1, 0.15) is 18.0 Å². The lowest BCUT2D eigenvalue weighted by atomic mass is 10.0. The van der Waals surface area contributed by atoms with Crippen LogP contribution in [0.15, 0.2) is 12.1 Å². The van der Waals surface area contributed by atoms with Crippen molar-refractivity contribution in [2.24, 2.45) is 0 Å². The summed E-state index contributed by atoms with van der Waals surface area (Å²) >= 11 is 12.1. The van der Waals surface area contributed by atoms with Crippen LogP contribution in [0, 0.1) is 0 Å². The Kier molecular flexibility index (Phi) is 5.30. The van der Waals surface area contributed by atoms with Crippen LogP contribution in [0.25, 0.3) is 0 Å². The van der Waals surface area contributed by atoms with Crippen molar-refractivity contribution in [3.05, 3.63) is 27.7 Å². The molecule has 0 amide bonds. The van der Waals surface area contributed by atoms with Gasteiger partial charge in [-0.15, -0.1) is 0 Å². The maximum absolute atomic E-state index is 9.67. The minimum absolute atomic E-state index is 0.0754. The highest BCUT2D eigenvalue weighted by atomic mass is 35.5. The highest BCUT2D eigenvalue weighted by Crippen LogP contribution is 2.39. The highest BCUT2D eigenvalue weighted by Gasteiger charge is 2.24. The predicted octanol–water partition coefficient (Wildman–Crippen LogP) is 2.41. The van der Waals surface area contributed by atoms with Gasteiger partial charge in [-0.1, -0.05) is 23.2 Å². The summed E-state index contributed by atoms with van der Waals surface area (Å²) in [4.78, 5) is 0. The molecule has 0 aliphatic carbocycles. The van der Waals surface area contributed by atoms with Crippen molar-refractivity contribution in [2.45, 2.75) is 18.6 Å². The molecule has 0 radical (unpaired) electrons. The molecule has 1 aromatic carbocycles. The Hall–Kier alpha value is -0.520. The molecule has 2 atom stereocenters. The van der Waals surface area contributed by atoms with Gasteiger partial charge in [-0.25, -0.2) is 0 Å². The molecule has 2 N–H and O–H groups in total. The lowest BCUT2D eigenvalue weighted by Crippen LogP contribution is -2.35. The zero-order valence-corrected chi connectivity index (χ0v) is 12.2. The van der Waals surface area contributed by atoms with E-state index in [4.69, 9.17) is 32.7 Å². The quantitative estimate of drug-likeness (QED) is 0.877. The molecular formula is C13H17Cl2NO3. The summed E-state index contributed by atoms with van der Waals surface area (Å²) in [5.74, 6) is 0.677. The number of halogens is 2. The van der Waals surface area contributed by atoms with Crippen LogP contribution in [0.5, 0.6) is 5.75 Å². The molecule has 0 saturated heterocycles. The molecule has 0 aromatic heterocycles. The van der Waals surface area contributed by atoms with Gasteiger partial charge in [0.15, 0.2) is 0 Å². The van der Waals surface area contributed by atoms with Gasteiger partial charge in [0.2, 0.25) is 0 Å². The third-order valence-corrected chi connectivity index (χ3v) is 3.52. The van der Waals surface area contributed by atoms with Gasteiger partial charge in [0.05, 0.1) is 24.3 Å². The van der Waals surface area contributed by atoms with E-state index in [1.54, 1.807) is 13.2 Å². The molecule has 1 heterocycles. The molecule has 19 heavy (non-hydrogen) atoms. The SMILES string of the molecule is COCC(O)CNC1CCOc2c(Cl)cc(Cl)cc21. The predicted molar refractivity (Wildman–Crippen MR) is 75.2 cm³/mol. The van der Waals surface area contributed by atoms with Crippen molar-refractivity contribution in [3.63, 3.8) is 0 Å². The number of hydrogen-bond donors (Lipinski definition) is 2. The number of aliphatic hydroxyl groups is 1. The Balaban J connectivity index is 2.09. The Bertz CT molecular complexity index is 442. The van der Waals surface area contributed by atoms with E-state index >= 15 is 0 Å². The Labute approximate surface area is 122 Å². The van der Waals surface area contributed by atoms with Gasteiger partial charge in [0, 0.05) is 36.7 Å². The van der Waals surface area contributed by atoms with Crippen molar-refractivity contribution < 1.29 is 14.6 Å². The number of aliphatic hydroxyl groups excluding tert-OH is 1. The molecule has 0 bridgehead atoms. The smallest absolute Gasteiger partial charge is 0.142 e. The van der Waals surface area contributed by atoms with Gasteiger partial charge in [-0.05, 0) is 12.1 Å². The molecule has 1 aliphatic heterocycles. The first kappa shape index (κ1) is 14.9. The third kappa shape index (κ3) is 3.74. The second kappa shape index (κ2) is 6.77. The molecule has 106 valence electrons. The summed E-state index contributed by atoms with van der Waals surface area (Å²) in [6, 6.07) is 3.60. The van der Waals surface area contributed by atoms with Crippen LogP contribution in [0.2, 0.25) is 10.0 Å². The van der Waals surface area contributed by atoms with Gasteiger partial charge in [0.25, 0.3) is 0 Å². The Morgan fingerprint density at radius 2 is 2.32 bits per heavy atom. The summed E-state index contributed by atoms with van der Waals surface area (Å²) in [6.45, 7) is 1.34. The molecule has 0 saturated carbocycles. The molecular weight excluding hydrogens is 289 g/mol. The maximum atomic E-state index is 9.67. The average Bonchev–Trinajstić information content (AvgIpc) is 2.36. The van der Waals surface area contributed by atoms with E-state index in [2.05, 4.69) is 5.32 Å². The standard InChI is InChI=1S/C13H17Cl2NO3/c1-18-7-9(17)6-16-12-2-3-19-13-10(12)4-8(14)5-11(13)15/h4-5,9,12,16-17H,2-3,6-7H2,1H3. The fraction of sp³-hybridized carbons (Fsp3) is 0.538. The van der Waals surface area contributed by atoms with Crippen LogP contribution < -0.4 is 10.1 Å². The van der Waals surface area contributed by atoms with Crippen molar-refractivity contribution in [3.8, 4) is 5.75 Å². The van der Waals surface area contributed by atoms with E-state index in [0.717, 1.165) is 12.0 Å². The van der Waals surface area contributed by atoms with Crippen molar-refractivity contribution in [1.82, 2.24) is 5.32 Å². The van der Waals surface area contributed by atoms with Crippen LogP contribution in [-0.2, 0) is 4.74 Å². The number of rotatable bonds is 5. The van der Waals surface area contributed by atoms with E-state index in [1.807, 2.05) is 6.07 Å². The summed E-state index contributed by atoms with van der Waals surface area (Å²) in [5, 5.41) is 14.1. The number of benzene rings is 1. The zero-order chi connectivity index (χ0) is 13.8. The molecule has 0 spiro atoms. The second-order valence-corrected chi connectivity index (χ2v) is 5.36. The first-order valence-electron chi connectivity index (χ1n) is 6.14. The summed E-state index contributed by atoms with van der Waals surface area (Å²) in [6.07, 6.45) is 0.273. The average molecular weight is 306 g/mol. The first-order chi connectivity index (χ1) is 9.11. The molecule has 2 unspecified atom stereocenters. The van der Waals surface area contributed by atoms with E-state index in [-0.39, 0.29) is 6.04 Å². The van der Waals surface area contributed by atoms with Crippen LogP contribution in [0.3, 0.4) is 0 Å². The van der Waals surface area contributed by atoms with E-state index in [9.17, 15) is 5.11 Å². The van der Waals surface area contributed by atoms with Gasteiger partial charge in [0.1, 0.15) is 5.75 Å². The Morgan fingerprint density at radius 1 is 1.53 bits per heavy atom. The number of nitrogens with one attached hydrogen (secondary N) is 1. The largest absolute Gasteiger partial charge is 0.492 e. The molecule has 0 fully saturated rings. The van der Waals surface area contributed by atoms with Gasteiger partial charge in [-0.3, -0.25) is 0 Å². The molecule has 1 aromatic rings. The monoisotopic (exact) mass is 305 g/mol. The van der Waals surface area contributed by atoms with Crippen LogP contribution in [0.4, 0.5) is 0 Å². The van der Waals surface area contributed by atoms with Crippen molar-refractivity contribution >= 4 is 23.2 Å². The molecule has 1 aliphatic rings. The van der Waals surface area contributed by atoms with E-state index in [1.165, 1.54) is 0 Å². The number of methoxy groups -OCH3 is 1. The van der Waals surface area contributed by atoms with Crippen molar-refractivity contribution in [1.29, 1.82) is 0 Å². The van der Waals surface area contributed by atoms with E-state index < -0.39 is 6.10 Å². The lowest BCUT2D eigenvalue weighted by Gasteiger charge is -2.28. The summed E-state index contributed by atoms with van der Waals surface area (Å²) in [5.41, 5.74) is 0.938. The number of ether oxygens (including phenoxy) is 2. The fourth-order valence-corrected chi connectivity index (χ4v) is 2.73. The maximum Gasteiger partial charge on any atom is 0.142 e. The normalized spacial score (nSPS) is 19.7. The first-order valence-corrected chi connectivity index (χ1v) is 6.89. The van der Waals surface area contributed by atoms with Crippen molar-refractivity contribution in [2.75, 3.05) is 26.9 Å². The topological polar surface area (TPSA) is 50.7 Å². The fourth-order valence-electron chi connectivity index (χ4n) is 2.17. The van der Waals surface area contributed by atoms with Crippen LogP contribution >= 0.6 is 23.2 Å². The minimum Gasteiger partial charge on any atom is -0.492 e. The number of fused-ring (bicyclic) bond motifs is 1. The van der Waals surface area contributed by atoms with Crippen LogP contribution in [-0.4, -0.2) is 38.1 Å². The molecule has 4 nitrogen and oxygen atoms in total. The third-order valence-electron chi connectivity index (χ3n) is 3.02. The number of hydrogen-bond acceptors (Lipinski definition) is 4. The summed E-state index contributed by atoms with van der Waals surface area (Å²) < 4.78 is 10.5.